The van der Waals surface area contributed by atoms with Crippen molar-refractivity contribution in [2.75, 3.05) is 18.5 Å². The maximum atomic E-state index is 9.83. The summed E-state index contributed by atoms with van der Waals surface area (Å²) in [5.41, 5.74) is 1.10. The highest BCUT2D eigenvalue weighted by Crippen LogP contribution is 2.23. The second kappa shape index (κ2) is 3.98. The summed E-state index contributed by atoms with van der Waals surface area (Å²) in [7, 11) is 1.94. The minimum Gasteiger partial charge on any atom is -0.374 e. The van der Waals surface area contributed by atoms with Crippen LogP contribution in [0.25, 0.3) is 0 Å². The number of benzene rings is 1. The average molecular weight is 192 g/mol. The summed E-state index contributed by atoms with van der Waals surface area (Å²) in [4.78, 5) is 2.03. The highest BCUT2D eigenvalue weighted by atomic mass is 16.3. The maximum absolute atomic E-state index is 9.83. The first-order valence-corrected chi connectivity index (χ1v) is 4.98. The van der Waals surface area contributed by atoms with E-state index in [4.69, 9.17) is 0 Å². The molecule has 14 heavy (non-hydrogen) atoms. The van der Waals surface area contributed by atoms with Crippen LogP contribution in [0.5, 0.6) is 0 Å². The summed E-state index contributed by atoms with van der Waals surface area (Å²) in [6, 6.07) is 10.4. The lowest BCUT2D eigenvalue weighted by Crippen LogP contribution is -2.31. The molecule has 0 aromatic heterocycles. The van der Waals surface area contributed by atoms with Crippen molar-refractivity contribution in [2.45, 2.75) is 18.7 Å². The molecule has 0 radical (unpaired) electrons. The first-order chi connectivity index (χ1) is 6.81. The molecule has 1 aromatic carbocycles. The third-order valence-corrected chi connectivity index (χ3v) is 2.77. The van der Waals surface area contributed by atoms with E-state index in [9.17, 15) is 5.11 Å². The molecule has 1 aliphatic heterocycles. The first kappa shape index (κ1) is 9.49. The molecule has 3 nitrogen and oxygen atoms in total. The van der Waals surface area contributed by atoms with Crippen molar-refractivity contribution in [1.29, 1.82) is 0 Å². The smallest absolute Gasteiger partial charge is 0.128 e. The molecule has 1 heterocycles. The Morgan fingerprint density at radius 3 is 2.64 bits per heavy atom. The Kier molecular flexibility index (Phi) is 2.70. The van der Waals surface area contributed by atoms with Crippen LogP contribution in [0.2, 0.25) is 0 Å². The number of nitrogens with zero attached hydrogens (tertiary/aromatic N) is 1. The quantitative estimate of drug-likeness (QED) is 0.727. The van der Waals surface area contributed by atoms with Gasteiger partial charge in [-0.2, -0.15) is 0 Å². The van der Waals surface area contributed by atoms with Gasteiger partial charge < -0.3 is 15.3 Å². The molecule has 76 valence electrons. The van der Waals surface area contributed by atoms with Gasteiger partial charge in [0.1, 0.15) is 6.23 Å². The fourth-order valence-electron chi connectivity index (χ4n) is 1.92. The maximum Gasteiger partial charge on any atom is 0.128 e. The van der Waals surface area contributed by atoms with Crippen molar-refractivity contribution in [3.05, 3.63) is 30.3 Å². The summed E-state index contributed by atoms with van der Waals surface area (Å²) in [6.07, 6.45) is 0.445. The predicted molar refractivity (Wildman–Crippen MR) is 57.3 cm³/mol. The van der Waals surface area contributed by atoms with Crippen LogP contribution in [0.3, 0.4) is 0 Å². The second-order valence-corrected chi connectivity index (χ2v) is 3.69. The van der Waals surface area contributed by atoms with Gasteiger partial charge in [-0.15, -0.1) is 0 Å². The zero-order valence-electron chi connectivity index (χ0n) is 8.35. The number of rotatable bonds is 2. The molecule has 2 unspecified atom stereocenters. The molecule has 0 amide bonds. The summed E-state index contributed by atoms with van der Waals surface area (Å²) in [5, 5.41) is 13.0. The van der Waals surface area contributed by atoms with E-state index < -0.39 is 0 Å². The van der Waals surface area contributed by atoms with Gasteiger partial charge in [-0.25, -0.2) is 0 Å². The van der Waals surface area contributed by atoms with E-state index >= 15 is 0 Å². The number of anilines is 1. The second-order valence-electron chi connectivity index (χ2n) is 3.69. The molecule has 2 rings (SSSR count). The van der Waals surface area contributed by atoms with Crippen LogP contribution in [0.4, 0.5) is 5.69 Å². The number of aliphatic hydroxyl groups is 1. The van der Waals surface area contributed by atoms with Crippen molar-refractivity contribution in [3.8, 4) is 0 Å². The van der Waals surface area contributed by atoms with Crippen molar-refractivity contribution in [3.63, 3.8) is 0 Å². The van der Waals surface area contributed by atoms with E-state index in [2.05, 4.69) is 5.32 Å². The van der Waals surface area contributed by atoms with Crippen LogP contribution in [0, 0.1) is 0 Å². The van der Waals surface area contributed by atoms with Gasteiger partial charge in [-0.05, 0) is 19.2 Å². The highest BCUT2D eigenvalue weighted by molar-refractivity contribution is 5.47. The van der Waals surface area contributed by atoms with Gasteiger partial charge in [-0.1, -0.05) is 18.2 Å². The first-order valence-electron chi connectivity index (χ1n) is 4.98. The van der Waals surface area contributed by atoms with Crippen LogP contribution in [0.1, 0.15) is 6.42 Å². The number of hydrogen-bond acceptors (Lipinski definition) is 3. The lowest BCUT2D eigenvalue weighted by atomic mass is 10.2. The fraction of sp³-hybridized carbons (Fsp3) is 0.455. The van der Waals surface area contributed by atoms with Crippen molar-refractivity contribution in [2.24, 2.45) is 0 Å². The van der Waals surface area contributed by atoms with Gasteiger partial charge in [0, 0.05) is 24.7 Å². The number of para-hydroxylation sites is 1. The molecule has 2 N–H and O–H groups in total. The van der Waals surface area contributed by atoms with Gasteiger partial charge in [0.15, 0.2) is 0 Å². The molecule has 0 bridgehead atoms. The average Bonchev–Trinajstić information content (AvgIpc) is 2.61. The van der Waals surface area contributed by atoms with Crippen molar-refractivity contribution < 1.29 is 5.11 Å². The number of nitrogens with one attached hydrogen (secondary N) is 1. The Labute approximate surface area is 84.4 Å². The monoisotopic (exact) mass is 192 g/mol. The summed E-state index contributed by atoms with van der Waals surface area (Å²) < 4.78 is 0. The van der Waals surface area contributed by atoms with Crippen LogP contribution in [-0.2, 0) is 0 Å². The third kappa shape index (κ3) is 1.74. The van der Waals surface area contributed by atoms with Gasteiger partial charge in [0.25, 0.3) is 0 Å². The molecular weight excluding hydrogens is 176 g/mol. The number of aliphatic hydroxyl groups excluding tert-OH is 1. The van der Waals surface area contributed by atoms with Crippen molar-refractivity contribution >= 4 is 5.69 Å². The van der Waals surface area contributed by atoms with E-state index in [0.29, 0.717) is 6.04 Å². The SMILES string of the molecule is CNC1CC(O)N(c2ccccc2)C1. The molecule has 0 saturated carbocycles. The fourth-order valence-corrected chi connectivity index (χ4v) is 1.92. The summed E-state index contributed by atoms with van der Waals surface area (Å²) in [6.45, 7) is 0.877. The Hall–Kier alpha value is -1.06. The molecular formula is C11H16N2O. The molecule has 2 atom stereocenters. The molecule has 1 aliphatic rings. The molecule has 0 spiro atoms. The Bertz CT molecular complexity index is 289. The van der Waals surface area contributed by atoms with Crippen LogP contribution < -0.4 is 10.2 Å². The Morgan fingerprint density at radius 2 is 2.07 bits per heavy atom. The van der Waals surface area contributed by atoms with Gasteiger partial charge in [0.05, 0.1) is 0 Å². The third-order valence-electron chi connectivity index (χ3n) is 2.77. The zero-order chi connectivity index (χ0) is 9.97. The lowest BCUT2D eigenvalue weighted by Gasteiger charge is -2.22. The molecule has 0 aliphatic carbocycles. The topological polar surface area (TPSA) is 35.5 Å². The molecule has 1 fully saturated rings. The zero-order valence-corrected chi connectivity index (χ0v) is 8.35. The van der Waals surface area contributed by atoms with E-state index in [1.807, 2.05) is 42.3 Å². The molecule has 1 aromatic rings. The van der Waals surface area contributed by atoms with E-state index in [-0.39, 0.29) is 6.23 Å². The summed E-state index contributed by atoms with van der Waals surface area (Å²) in [5.74, 6) is 0. The summed E-state index contributed by atoms with van der Waals surface area (Å²) >= 11 is 0. The molecule has 3 heteroatoms. The van der Waals surface area contributed by atoms with Crippen LogP contribution in [0.15, 0.2) is 30.3 Å². The normalized spacial score (nSPS) is 26.9. The Balaban J connectivity index is 2.13. The predicted octanol–water partition coefficient (Wildman–Crippen LogP) is 0.803. The minimum atomic E-state index is -0.352. The minimum absolute atomic E-state index is 0.352. The largest absolute Gasteiger partial charge is 0.374 e. The van der Waals surface area contributed by atoms with Gasteiger partial charge >= 0.3 is 0 Å². The molecule has 1 saturated heterocycles. The van der Waals surface area contributed by atoms with Crippen LogP contribution >= 0.6 is 0 Å². The van der Waals surface area contributed by atoms with Crippen LogP contribution in [-0.4, -0.2) is 31.0 Å². The van der Waals surface area contributed by atoms with Gasteiger partial charge in [0.2, 0.25) is 0 Å². The Morgan fingerprint density at radius 1 is 1.36 bits per heavy atom. The lowest BCUT2D eigenvalue weighted by molar-refractivity contribution is 0.182. The number of likely N-dealkylation sites (N-methyl/N-ethyl adjacent to an activating group) is 1. The van der Waals surface area contributed by atoms with E-state index in [0.717, 1.165) is 18.7 Å². The number of hydrogen-bond donors (Lipinski definition) is 2. The van der Waals surface area contributed by atoms with Gasteiger partial charge in [-0.3, -0.25) is 0 Å². The van der Waals surface area contributed by atoms with E-state index in [1.165, 1.54) is 0 Å². The highest BCUT2D eigenvalue weighted by Gasteiger charge is 2.29. The standard InChI is InChI=1S/C11H16N2O/c1-12-9-7-11(14)13(8-9)10-5-3-2-4-6-10/h2-6,9,11-12,14H,7-8H2,1H3. The van der Waals surface area contributed by atoms with Crippen molar-refractivity contribution in [1.82, 2.24) is 5.32 Å². The van der Waals surface area contributed by atoms with E-state index in [1.54, 1.807) is 0 Å².